The smallest absolute Gasteiger partial charge is 0.166 e. The topological polar surface area (TPSA) is 16.1 Å². The quantitative estimate of drug-likeness (QED) is 0.775. The molecule has 2 nitrogen and oxygen atoms in total. The van der Waals surface area contributed by atoms with Crippen LogP contribution in [0, 0.1) is 5.82 Å². The highest BCUT2D eigenvalue weighted by atomic mass is 79.9. The molecule has 0 saturated carbocycles. The number of halogens is 2. The van der Waals surface area contributed by atoms with E-state index in [1.807, 2.05) is 0 Å². The van der Waals surface area contributed by atoms with Gasteiger partial charge in [0.1, 0.15) is 0 Å². The highest BCUT2D eigenvalue weighted by Crippen LogP contribution is 2.23. The number of unbranched alkanes of at least 4 members (excludes halogenated alkanes) is 1. The fourth-order valence-electron chi connectivity index (χ4n) is 1.70. The standard InChI is InChI=1S/C13H20BrFN2/c1-4-6-7-17(10(3)5-2)13-12(15)8-11(14)9-16-13/h8-10H,4-7H2,1-3H3. The maximum absolute atomic E-state index is 13.9. The molecule has 1 unspecified atom stereocenters. The van der Waals surface area contributed by atoms with Crippen molar-refractivity contribution in [2.45, 2.75) is 46.1 Å². The zero-order valence-electron chi connectivity index (χ0n) is 10.7. The van der Waals surface area contributed by atoms with Crippen molar-refractivity contribution in [1.29, 1.82) is 0 Å². The molecule has 96 valence electrons. The summed E-state index contributed by atoms with van der Waals surface area (Å²) in [4.78, 5) is 6.26. The fraction of sp³-hybridized carbons (Fsp3) is 0.615. The molecular formula is C13H20BrFN2. The van der Waals surface area contributed by atoms with Gasteiger partial charge in [-0.15, -0.1) is 0 Å². The van der Waals surface area contributed by atoms with Crippen molar-refractivity contribution in [2.75, 3.05) is 11.4 Å². The molecule has 1 heterocycles. The Bertz CT molecular complexity index is 357. The predicted molar refractivity (Wildman–Crippen MR) is 73.9 cm³/mol. The Morgan fingerprint density at radius 2 is 2.18 bits per heavy atom. The van der Waals surface area contributed by atoms with Crippen LogP contribution in [0.3, 0.4) is 0 Å². The summed E-state index contributed by atoms with van der Waals surface area (Å²) < 4.78 is 14.6. The van der Waals surface area contributed by atoms with Gasteiger partial charge in [-0.3, -0.25) is 0 Å². The molecular weight excluding hydrogens is 283 g/mol. The zero-order chi connectivity index (χ0) is 12.8. The summed E-state index contributed by atoms with van der Waals surface area (Å²) in [5.41, 5.74) is 0. The lowest BCUT2D eigenvalue weighted by atomic mass is 10.2. The average molecular weight is 303 g/mol. The highest BCUT2D eigenvalue weighted by molar-refractivity contribution is 9.10. The van der Waals surface area contributed by atoms with Gasteiger partial charge in [-0.25, -0.2) is 9.37 Å². The largest absolute Gasteiger partial charge is 0.351 e. The molecule has 1 atom stereocenters. The van der Waals surface area contributed by atoms with Gasteiger partial charge in [-0.1, -0.05) is 20.3 Å². The van der Waals surface area contributed by atoms with Crippen molar-refractivity contribution >= 4 is 21.7 Å². The van der Waals surface area contributed by atoms with Crippen LogP contribution in [-0.4, -0.2) is 17.6 Å². The molecule has 0 saturated heterocycles. The third-order valence-electron chi connectivity index (χ3n) is 2.94. The van der Waals surface area contributed by atoms with Crippen molar-refractivity contribution in [3.8, 4) is 0 Å². The van der Waals surface area contributed by atoms with Crippen LogP contribution in [0.1, 0.15) is 40.0 Å². The van der Waals surface area contributed by atoms with Gasteiger partial charge in [0.05, 0.1) is 0 Å². The van der Waals surface area contributed by atoms with E-state index in [1.165, 1.54) is 6.07 Å². The van der Waals surface area contributed by atoms with E-state index in [9.17, 15) is 4.39 Å². The molecule has 0 spiro atoms. The van der Waals surface area contributed by atoms with Crippen LogP contribution in [0.25, 0.3) is 0 Å². The minimum atomic E-state index is -0.254. The second kappa shape index (κ2) is 6.94. The normalized spacial score (nSPS) is 12.5. The average Bonchev–Trinajstić information content (AvgIpc) is 2.31. The maximum atomic E-state index is 13.9. The molecule has 0 amide bonds. The molecule has 1 aromatic rings. The summed E-state index contributed by atoms with van der Waals surface area (Å²) in [5, 5.41) is 0. The minimum Gasteiger partial charge on any atom is -0.351 e. The van der Waals surface area contributed by atoms with Gasteiger partial charge in [0.15, 0.2) is 11.6 Å². The van der Waals surface area contributed by atoms with E-state index in [1.54, 1.807) is 6.20 Å². The summed E-state index contributed by atoms with van der Waals surface area (Å²) >= 11 is 3.23. The van der Waals surface area contributed by atoms with Crippen molar-refractivity contribution in [2.24, 2.45) is 0 Å². The number of nitrogens with zero attached hydrogens (tertiary/aromatic N) is 2. The lowest BCUT2D eigenvalue weighted by molar-refractivity contribution is 0.555. The summed E-state index contributed by atoms with van der Waals surface area (Å²) in [6.07, 6.45) is 4.80. The molecule has 0 radical (unpaired) electrons. The second-order valence-corrected chi connectivity index (χ2v) is 5.18. The van der Waals surface area contributed by atoms with Crippen molar-refractivity contribution < 1.29 is 4.39 Å². The molecule has 0 aromatic carbocycles. The number of rotatable bonds is 6. The zero-order valence-corrected chi connectivity index (χ0v) is 12.3. The monoisotopic (exact) mass is 302 g/mol. The van der Waals surface area contributed by atoms with E-state index in [2.05, 4.69) is 46.6 Å². The van der Waals surface area contributed by atoms with Crippen LogP contribution >= 0.6 is 15.9 Å². The van der Waals surface area contributed by atoms with Crippen molar-refractivity contribution in [3.05, 3.63) is 22.6 Å². The minimum absolute atomic E-state index is 0.254. The lowest BCUT2D eigenvalue weighted by Gasteiger charge is -2.29. The molecule has 0 fully saturated rings. The highest BCUT2D eigenvalue weighted by Gasteiger charge is 2.17. The molecule has 1 aromatic heterocycles. The first-order chi connectivity index (χ1) is 8.10. The van der Waals surface area contributed by atoms with Crippen molar-refractivity contribution in [3.63, 3.8) is 0 Å². The Morgan fingerprint density at radius 1 is 1.47 bits per heavy atom. The number of aromatic nitrogens is 1. The van der Waals surface area contributed by atoms with Crippen LogP contribution in [0.2, 0.25) is 0 Å². The maximum Gasteiger partial charge on any atom is 0.166 e. The van der Waals surface area contributed by atoms with Gasteiger partial charge >= 0.3 is 0 Å². The molecule has 17 heavy (non-hydrogen) atoms. The lowest BCUT2D eigenvalue weighted by Crippen LogP contribution is -2.34. The first-order valence-corrected chi connectivity index (χ1v) is 6.97. The van der Waals surface area contributed by atoms with Gasteiger partial charge in [-0.05, 0) is 41.8 Å². The van der Waals surface area contributed by atoms with E-state index in [-0.39, 0.29) is 5.82 Å². The molecule has 0 aliphatic heterocycles. The summed E-state index contributed by atoms with van der Waals surface area (Å²) in [6.45, 7) is 7.22. The third kappa shape index (κ3) is 3.95. The van der Waals surface area contributed by atoms with Crippen LogP contribution in [0.4, 0.5) is 10.2 Å². The number of hydrogen-bond donors (Lipinski definition) is 0. The van der Waals surface area contributed by atoms with E-state index in [0.717, 1.165) is 25.8 Å². The Kier molecular flexibility index (Phi) is 5.89. The first kappa shape index (κ1) is 14.4. The van der Waals surface area contributed by atoms with E-state index >= 15 is 0 Å². The van der Waals surface area contributed by atoms with Gasteiger partial charge in [0.2, 0.25) is 0 Å². The Morgan fingerprint density at radius 3 is 2.71 bits per heavy atom. The summed E-state index contributed by atoms with van der Waals surface area (Å²) in [6, 6.07) is 1.79. The van der Waals surface area contributed by atoms with Gasteiger partial charge in [0, 0.05) is 23.3 Å². The van der Waals surface area contributed by atoms with E-state index in [0.29, 0.717) is 16.3 Å². The third-order valence-corrected chi connectivity index (χ3v) is 3.37. The summed E-state index contributed by atoms with van der Waals surface area (Å²) in [7, 11) is 0. The Hall–Kier alpha value is -0.640. The van der Waals surface area contributed by atoms with E-state index < -0.39 is 0 Å². The number of hydrogen-bond acceptors (Lipinski definition) is 2. The number of pyridine rings is 1. The molecule has 1 rings (SSSR count). The van der Waals surface area contributed by atoms with Crippen molar-refractivity contribution in [1.82, 2.24) is 4.98 Å². The molecule has 0 N–H and O–H groups in total. The Labute approximate surface area is 111 Å². The molecule has 4 heteroatoms. The fourth-order valence-corrected chi connectivity index (χ4v) is 2.01. The second-order valence-electron chi connectivity index (χ2n) is 4.26. The SMILES string of the molecule is CCCCN(c1ncc(Br)cc1F)C(C)CC. The van der Waals surface area contributed by atoms with E-state index in [4.69, 9.17) is 0 Å². The molecule has 0 aliphatic rings. The van der Waals surface area contributed by atoms with Crippen LogP contribution in [0.5, 0.6) is 0 Å². The number of anilines is 1. The summed E-state index contributed by atoms with van der Waals surface area (Å²) in [5.74, 6) is 0.215. The Balaban J connectivity index is 2.95. The van der Waals surface area contributed by atoms with Crippen LogP contribution in [0.15, 0.2) is 16.7 Å². The van der Waals surface area contributed by atoms with Gasteiger partial charge in [-0.2, -0.15) is 0 Å². The van der Waals surface area contributed by atoms with Crippen LogP contribution in [-0.2, 0) is 0 Å². The molecule has 0 aliphatic carbocycles. The van der Waals surface area contributed by atoms with Crippen LogP contribution < -0.4 is 4.90 Å². The van der Waals surface area contributed by atoms with Gasteiger partial charge < -0.3 is 4.90 Å². The van der Waals surface area contributed by atoms with Gasteiger partial charge in [0.25, 0.3) is 0 Å². The predicted octanol–water partition coefficient (Wildman–Crippen LogP) is 4.39. The first-order valence-electron chi connectivity index (χ1n) is 6.17. The molecule has 0 bridgehead atoms.